The standard InChI is InChI=1S/C16H17N3O.2ClH/c1-11-5-4-8-15(18-11)19-16(20)14-9-12-6-2-3-7-13(12)10-17-14;;/h2-8,14,17H,9-10H2,1H3,(H,18,19,20);2*1H. The highest BCUT2D eigenvalue weighted by molar-refractivity contribution is 5.94. The predicted molar refractivity (Wildman–Crippen MR) is 92.9 cm³/mol. The molecule has 1 atom stereocenters. The third kappa shape index (κ3) is 4.19. The number of fused-ring (bicyclic) bond motifs is 1. The van der Waals surface area contributed by atoms with E-state index >= 15 is 0 Å². The Morgan fingerprint density at radius 2 is 1.86 bits per heavy atom. The summed E-state index contributed by atoms with van der Waals surface area (Å²) in [5.74, 6) is 0.577. The smallest absolute Gasteiger partial charge is 0.243 e. The van der Waals surface area contributed by atoms with E-state index in [1.165, 1.54) is 11.1 Å². The Hall–Kier alpha value is -1.62. The summed E-state index contributed by atoms with van der Waals surface area (Å²) in [5, 5.41) is 6.14. The zero-order chi connectivity index (χ0) is 13.9. The lowest BCUT2D eigenvalue weighted by Gasteiger charge is -2.25. The molecule has 2 N–H and O–H groups in total. The summed E-state index contributed by atoms with van der Waals surface area (Å²) in [6, 6.07) is 13.6. The highest BCUT2D eigenvalue weighted by Crippen LogP contribution is 2.17. The number of aryl methyl sites for hydroxylation is 1. The van der Waals surface area contributed by atoms with Crippen LogP contribution < -0.4 is 10.6 Å². The maximum atomic E-state index is 12.3. The number of hydrogen-bond donors (Lipinski definition) is 2. The minimum absolute atomic E-state index is 0. The van der Waals surface area contributed by atoms with E-state index < -0.39 is 0 Å². The fraction of sp³-hybridized carbons (Fsp3) is 0.250. The van der Waals surface area contributed by atoms with Gasteiger partial charge in [-0.05, 0) is 36.6 Å². The average molecular weight is 340 g/mol. The maximum Gasteiger partial charge on any atom is 0.243 e. The van der Waals surface area contributed by atoms with E-state index in [0.717, 1.165) is 12.2 Å². The minimum atomic E-state index is -0.202. The highest BCUT2D eigenvalue weighted by Gasteiger charge is 2.23. The summed E-state index contributed by atoms with van der Waals surface area (Å²) in [4.78, 5) is 16.6. The summed E-state index contributed by atoms with van der Waals surface area (Å²) < 4.78 is 0. The van der Waals surface area contributed by atoms with E-state index in [2.05, 4.69) is 27.8 Å². The molecule has 0 spiro atoms. The second kappa shape index (κ2) is 8.13. The zero-order valence-electron chi connectivity index (χ0n) is 12.2. The number of nitrogens with one attached hydrogen (secondary N) is 2. The molecule has 6 heteroatoms. The topological polar surface area (TPSA) is 54.0 Å². The lowest BCUT2D eigenvalue weighted by molar-refractivity contribution is -0.118. The molecule has 2 aromatic rings. The Morgan fingerprint density at radius 3 is 2.59 bits per heavy atom. The van der Waals surface area contributed by atoms with Crippen LogP contribution in [0.3, 0.4) is 0 Å². The maximum absolute atomic E-state index is 12.3. The monoisotopic (exact) mass is 339 g/mol. The first-order valence-corrected chi connectivity index (χ1v) is 6.77. The normalized spacial score (nSPS) is 15.8. The molecule has 4 nitrogen and oxygen atoms in total. The van der Waals surface area contributed by atoms with Crippen molar-refractivity contribution in [1.29, 1.82) is 0 Å². The molecule has 1 aromatic heterocycles. The third-order valence-corrected chi connectivity index (χ3v) is 3.54. The number of carbonyl (C=O) groups is 1. The molecule has 1 aliphatic heterocycles. The van der Waals surface area contributed by atoms with Crippen molar-refractivity contribution in [1.82, 2.24) is 10.3 Å². The van der Waals surface area contributed by atoms with Crippen LogP contribution in [0, 0.1) is 6.92 Å². The molecule has 1 aliphatic rings. The van der Waals surface area contributed by atoms with Crippen molar-refractivity contribution in [3.63, 3.8) is 0 Å². The van der Waals surface area contributed by atoms with E-state index in [-0.39, 0.29) is 36.8 Å². The quantitative estimate of drug-likeness (QED) is 0.884. The summed E-state index contributed by atoms with van der Waals surface area (Å²) in [6.07, 6.45) is 0.716. The van der Waals surface area contributed by atoms with Gasteiger partial charge < -0.3 is 10.6 Å². The molecule has 0 radical (unpaired) electrons. The van der Waals surface area contributed by atoms with Gasteiger partial charge in [-0.2, -0.15) is 0 Å². The van der Waals surface area contributed by atoms with Crippen LogP contribution >= 0.6 is 24.8 Å². The molecule has 0 fully saturated rings. The van der Waals surface area contributed by atoms with Gasteiger partial charge in [0.1, 0.15) is 5.82 Å². The number of benzene rings is 1. The molecule has 2 heterocycles. The first-order valence-electron chi connectivity index (χ1n) is 6.77. The van der Waals surface area contributed by atoms with Crippen molar-refractivity contribution in [3.05, 3.63) is 59.3 Å². The number of pyridine rings is 1. The number of carbonyl (C=O) groups excluding carboxylic acids is 1. The molecule has 0 bridgehead atoms. The highest BCUT2D eigenvalue weighted by atomic mass is 35.5. The molecule has 0 aliphatic carbocycles. The van der Waals surface area contributed by atoms with E-state index in [1.807, 2.05) is 37.3 Å². The molecule has 1 amide bonds. The van der Waals surface area contributed by atoms with Crippen LogP contribution in [0.2, 0.25) is 0 Å². The largest absolute Gasteiger partial charge is 0.309 e. The second-order valence-electron chi connectivity index (χ2n) is 5.06. The predicted octanol–water partition coefficient (Wildman–Crippen LogP) is 2.89. The van der Waals surface area contributed by atoms with Crippen LogP contribution in [0.1, 0.15) is 16.8 Å². The summed E-state index contributed by atoms with van der Waals surface area (Å²) in [6.45, 7) is 2.64. The summed E-state index contributed by atoms with van der Waals surface area (Å²) in [5.41, 5.74) is 3.40. The molecular formula is C16H19Cl2N3O. The van der Waals surface area contributed by atoms with Gasteiger partial charge in [0, 0.05) is 12.2 Å². The lowest BCUT2D eigenvalue weighted by Crippen LogP contribution is -2.44. The number of rotatable bonds is 2. The first kappa shape index (κ1) is 18.4. The first-order chi connectivity index (χ1) is 9.72. The van der Waals surface area contributed by atoms with Crippen molar-refractivity contribution < 1.29 is 4.79 Å². The Kier molecular flexibility index (Phi) is 6.81. The van der Waals surface area contributed by atoms with Gasteiger partial charge in [-0.15, -0.1) is 24.8 Å². The summed E-state index contributed by atoms with van der Waals surface area (Å²) >= 11 is 0. The van der Waals surface area contributed by atoms with Gasteiger partial charge in [-0.25, -0.2) is 4.98 Å². The van der Waals surface area contributed by atoms with Crippen molar-refractivity contribution in [3.8, 4) is 0 Å². The molecule has 22 heavy (non-hydrogen) atoms. The van der Waals surface area contributed by atoms with Crippen LogP contribution in [0.25, 0.3) is 0 Å². The van der Waals surface area contributed by atoms with Crippen LogP contribution in [-0.4, -0.2) is 16.9 Å². The lowest BCUT2D eigenvalue weighted by atomic mass is 9.95. The Balaban J connectivity index is 0.00000121. The second-order valence-corrected chi connectivity index (χ2v) is 5.06. The van der Waals surface area contributed by atoms with E-state index in [9.17, 15) is 4.79 Å². The van der Waals surface area contributed by atoms with Gasteiger partial charge in [0.2, 0.25) is 5.91 Å². The van der Waals surface area contributed by atoms with Crippen molar-refractivity contribution in [2.75, 3.05) is 5.32 Å². The van der Waals surface area contributed by atoms with Gasteiger partial charge in [0.15, 0.2) is 0 Å². The molecule has 0 saturated heterocycles. The fourth-order valence-electron chi connectivity index (χ4n) is 2.47. The van der Waals surface area contributed by atoms with Crippen molar-refractivity contribution >= 4 is 36.5 Å². The van der Waals surface area contributed by atoms with Gasteiger partial charge in [0.25, 0.3) is 0 Å². The molecule has 3 rings (SSSR count). The minimum Gasteiger partial charge on any atom is -0.309 e. The Bertz CT molecular complexity index is 649. The average Bonchev–Trinajstić information content (AvgIpc) is 2.47. The van der Waals surface area contributed by atoms with Gasteiger partial charge in [-0.1, -0.05) is 30.3 Å². The van der Waals surface area contributed by atoms with E-state index in [0.29, 0.717) is 12.2 Å². The van der Waals surface area contributed by atoms with Crippen LogP contribution in [0.15, 0.2) is 42.5 Å². The third-order valence-electron chi connectivity index (χ3n) is 3.54. The molecule has 0 saturated carbocycles. The Labute approximate surface area is 142 Å². The van der Waals surface area contributed by atoms with Crippen LogP contribution in [0.5, 0.6) is 0 Å². The molecule has 118 valence electrons. The van der Waals surface area contributed by atoms with Gasteiger partial charge in [0.05, 0.1) is 6.04 Å². The van der Waals surface area contributed by atoms with E-state index in [1.54, 1.807) is 0 Å². The van der Waals surface area contributed by atoms with Crippen molar-refractivity contribution in [2.45, 2.75) is 25.9 Å². The van der Waals surface area contributed by atoms with Crippen LogP contribution in [-0.2, 0) is 17.8 Å². The number of aromatic nitrogens is 1. The molecular weight excluding hydrogens is 321 g/mol. The van der Waals surface area contributed by atoms with Gasteiger partial charge >= 0.3 is 0 Å². The number of amides is 1. The Morgan fingerprint density at radius 1 is 1.14 bits per heavy atom. The molecule has 1 unspecified atom stereocenters. The number of halogens is 2. The SMILES string of the molecule is Cc1cccc(NC(=O)C2Cc3ccccc3CN2)n1.Cl.Cl. The fourth-order valence-corrected chi connectivity index (χ4v) is 2.47. The van der Waals surface area contributed by atoms with Gasteiger partial charge in [-0.3, -0.25) is 4.79 Å². The molecule has 1 aromatic carbocycles. The number of hydrogen-bond acceptors (Lipinski definition) is 3. The number of anilines is 1. The summed E-state index contributed by atoms with van der Waals surface area (Å²) in [7, 11) is 0. The van der Waals surface area contributed by atoms with Crippen LogP contribution in [0.4, 0.5) is 5.82 Å². The van der Waals surface area contributed by atoms with E-state index in [4.69, 9.17) is 0 Å². The number of nitrogens with zero attached hydrogens (tertiary/aromatic N) is 1. The van der Waals surface area contributed by atoms with Crippen molar-refractivity contribution in [2.24, 2.45) is 0 Å². The zero-order valence-corrected chi connectivity index (χ0v) is 13.8.